The highest BCUT2D eigenvalue weighted by Gasteiger charge is 2.26. The van der Waals surface area contributed by atoms with Gasteiger partial charge in [-0.1, -0.05) is 29.8 Å². The summed E-state index contributed by atoms with van der Waals surface area (Å²) in [6.07, 6.45) is -0.732. The summed E-state index contributed by atoms with van der Waals surface area (Å²) in [5.41, 5.74) is 0.678. The summed E-state index contributed by atoms with van der Waals surface area (Å²) in [4.78, 5) is 16.5. The van der Waals surface area contributed by atoms with Gasteiger partial charge in [0.05, 0.1) is 6.54 Å². The van der Waals surface area contributed by atoms with Gasteiger partial charge in [0.1, 0.15) is 12.7 Å². The highest BCUT2D eigenvalue weighted by molar-refractivity contribution is 6.30. The first-order valence-electron chi connectivity index (χ1n) is 9.98. The first-order valence-corrected chi connectivity index (χ1v) is 10.4. The lowest BCUT2D eigenvalue weighted by atomic mass is 10.1. The van der Waals surface area contributed by atoms with Crippen LogP contribution in [0, 0.1) is 5.82 Å². The highest BCUT2D eigenvalue weighted by Crippen LogP contribution is 2.17. The maximum absolute atomic E-state index is 13.6. The number of aliphatic hydroxyl groups is 1. The number of nitrogens with zero attached hydrogens (tertiary/aromatic N) is 2. The molecule has 2 N–H and O–H groups in total. The van der Waals surface area contributed by atoms with Crippen LogP contribution in [0.25, 0.3) is 0 Å². The van der Waals surface area contributed by atoms with E-state index < -0.39 is 11.9 Å². The van der Waals surface area contributed by atoms with Gasteiger partial charge in [-0.05, 0) is 37.3 Å². The second kappa shape index (κ2) is 10.7. The van der Waals surface area contributed by atoms with Gasteiger partial charge in [-0.25, -0.2) is 4.39 Å². The van der Waals surface area contributed by atoms with Gasteiger partial charge in [-0.15, -0.1) is 0 Å². The lowest BCUT2D eigenvalue weighted by Crippen LogP contribution is -2.55. The number of nitrogens with one attached hydrogen (secondary N) is 1. The Morgan fingerprint density at radius 2 is 2.10 bits per heavy atom. The second-order valence-corrected chi connectivity index (χ2v) is 7.97. The smallest absolute Gasteiger partial charge is 0.238 e. The number of rotatable bonds is 8. The van der Waals surface area contributed by atoms with E-state index in [2.05, 4.69) is 22.0 Å². The monoisotopic (exact) mass is 435 g/mol. The summed E-state index contributed by atoms with van der Waals surface area (Å²) in [7, 11) is 0. The Labute approximate surface area is 181 Å². The van der Waals surface area contributed by atoms with Crippen LogP contribution < -0.4 is 10.1 Å². The van der Waals surface area contributed by atoms with Gasteiger partial charge in [-0.3, -0.25) is 14.6 Å². The number of para-hydroxylation sites is 1. The normalized spacial score (nSPS) is 18.7. The number of amides is 1. The second-order valence-electron chi connectivity index (χ2n) is 7.53. The molecule has 3 rings (SSSR count). The number of halogens is 2. The number of anilines is 1. The molecule has 2 aromatic carbocycles. The molecular weight excluding hydrogens is 409 g/mol. The summed E-state index contributed by atoms with van der Waals surface area (Å²) in [6.45, 7) is 4.96. The molecule has 2 atom stereocenters. The van der Waals surface area contributed by atoms with E-state index in [-0.39, 0.29) is 24.3 Å². The number of β-amino-alcohol motifs (C(OH)–C–C–N with tert-alkyl or cyclic N) is 1. The maximum atomic E-state index is 13.6. The molecule has 162 valence electrons. The molecule has 0 saturated carbocycles. The molecule has 30 heavy (non-hydrogen) atoms. The Balaban J connectivity index is 1.41. The number of ether oxygens (including phenoxy) is 1. The number of hydrogen-bond donors (Lipinski definition) is 2. The van der Waals surface area contributed by atoms with Crippen molar-refractivity contribution < 1.29 is 19.0 Å². The molecule has 0 aliphatic carbocycles. The van der Waals surface area contributed by atoms with Crippen LogP contribution in [0.15, 0.2) is 48.5 Å². The van der Waals surface area contributed by atoms with Gasteiger partial charge in [-0.2, -0.15) is 0 Å². The zero-order chi connectivity index (χ0) is 21.5. The minimum absolute atomic E-state index is 0.0237. The summed E-state index contributed by atoms with van der Waals surface area (Å²) in [6, 6.07) is 13.4. The highest BCUT2D eigenvalue weighted by atomic mass is 35.5. The molecule has 1 amide bonds. The molecule has 8 heteroatoms. The SMILES string of the molecule is CC1CN(CC(=O)Nc2cccc(Cl)c2)CCN1CC(O)COc1ccccc1F. The molecule has 1 aliphatic rings. The summed E-state index contributed by atoms with van der Waals surface area (Å²) in [5.74, 6) is -0.390. The van der Waals surface area contributed by atoms with Crippen molar-refractivity contribution in [2.75, 3.05) is 44.6 Å². The van der Waals surface area contributed by atoms with Gasteiger partial charge < -0.3 is 15.2 Å². The van der Waals surface area contributed by atoms with Crippen molar-refractivity contribution in [2.24, 2.45) is 0 Å². The predicted molar refractivity (Wildman–Crippen MR) is 115 cm³/mol. The van der Waals surface area contributed by atoms with Gasteiger partial charge >= 0.3 is 0 Å². The van der Waals surface area contributed by atoms with E-state index in [0.29, 0.717) is 36.9 Å². The summed E-state index contributed by atoms with van der Waals surface area (Å²) in [5, 5.41) is 13.7. The van der Waals surface area contributed by atoms with Crippen LogP contribution in [0.1, 0.15) is 6.92 Å². The van der Waals surface area contributed by atoms with Crippen LogP contribution in [-0.4, -0.2) is 72.3 Å². The summed E-state index contributed by atoms with van der Waals surface area (Å²) >= 11 is 5.95. The number of piperazine rings is 1. The van der Waals surface area contributed by atoms with Crippen LogP contribution in [0.2, 0.25) is 5.02 Å². The molecular formula is C22H27ClFN3O3. The average molecular weight is 436 g/mol. The number of aliphatic hydroxyl groups excluding tert-OH is 1. The lowest BCUT2D eigenvalue weighted by molar-refractivity contribution is -0.118. The Morgan fingerprint density at radius 1 is 1.30 bits per heavy atom. The zero-order valence-electron chi connectivity index (χ0n) is 16.9. The van der Waals surface area contributed by atoms with E-state index in [1.165, 1.54) is 12.1 Å². The third-order valence-corrected chi connectivity index (χ3v) is 5.27. The van der Waals surface area contributed by atoms with E-state index in [1.807, 2.05) is 0 Å². The van der Waals surface area contributed by atoms with Crippen molar-refractivity contribution in [3.05, 3.63) is 59.4 Å². The number of benzene rings is 2. The molecule has 6 nitrogen and oxygen atoms in total. The Kier molecular flexibility index (Phi) is 8.04. The van der Waals surface area contributed by atoms with Crippen molar-refractivity contribution in [3.63, 3.8) is 0 Å². The molecule has 0 radical (unpaired) electrons. The quantitative estimate of drug-likeness (QED) is 0.667. The largest absolute Gasteiger partial charge is 0.488 e. The Bertz CT molecular complexity index is 854. The molecule has 1 heterocycles. The molecule has 1 fully saturated rings. The van der Waals surface area contributed by atoms with Crippen LogP contribution >= 0.6 is 11.6 Å². The van der Waals surface area contributed by atoms with E-state index in [4.69, 9.17) is 16.3 Å². The van der Waals surface area contributed by atoms with Crippen LogP contribution in [-0.2, 0) is 4.79 Å². The van der Waals surface area contributed by atoms with E-state index >= 15 is 0 Å². The fourth-order valence-electron chi connectivity index (χ4n) is 3.53. The van der Waals surface area contributed by atoms with Gasteiger partial charge in [0.15, 0.2) is 11.6 Å². The van der Waals surface area contributed by atoms with Crippen molar-refractivity contribution in [2.45, 2.75) is 19.1 Å². The van der Waals surface area contributed by atoms with Crippen LogP contribution in [0.5, 0.6) is 5.75 Å². The summed E-state index contributed by atoms with van der Waals surface area (Å²) < 4.78 is 19.0. The lowest BCUT2D eigenvalue weighted by Gasteiger charge is -2.40. The van der Waals surface area contributed by atoms with Crippen LogP contribution in [0.4, 0.5) is 10.1 Å². The number of carbonyl (C=O) groups is 1. The number of carbonyl (C=O) groups excluding carboxylic acids is 1. The fourth-order valence-corrected chi connectivity index (χ4v) is 3.72. The standard InChI is InChI=1S/C22H27ClFN3O3/c1-16-12-26(14-22(29)25-18-6-4-5-17(23)11-18)9-10-27(16)13-19(28)15-30-21-8-3-2-7-20(21)24/h2-8,11,16,19,28H,9-10,12-15H2,1H3,(H,25,29). The van der Waals surface area contributed by atoms with Gasteiger partial charge in [0.2, 0.25) is 5.91 Å². The van der Waals surface area contributed by atoms with Gasteiger partial charge in [0.25, 0.3) is 0 Å². The van der Waals surface area contributed by atoms with Crippen molar-refractivity contribution in [3.8, 4) is 5.75 Å². The molecule has 0 aromatic heterocycles. The number of hydrogen-bond acceptors (Lipinski definition) is 5. The average Bonchev–Trinajstić information content (AvgIpc) is 2.69. The fraction of sp³-hybridized carbons (Fsp3) is 0.409. The Hall–Kier alpha value is -2.19. The van der Waals surface area contributed by atoms with Crippen molar-refractivity contribution in [1.29, 1.82) is 0 Å². The third-order valence-electron chi connectivity index (χ3n) is 5.04. The van der Waals surface area contributed by atoms with E-state index in [0.717, 1.165) is 6.54 Å². The Morgan fingerprint density at radius 3 is 2.83 bits per heavy atom. The maximum Gasteiger partial charge on any atom is 0.238 e. The third kappa shape index (κ3) is 6.67. The molecule has 2 unspecified atom stereocenters. The molecule has 0 bridgehead atoms. The predicted octanol–water partition coefficient (Wildman–Crippen LogP) is 2.86. The molecule has 1 aliphatic heterocycles. The first kappa shape index (κ1) is 22.5. The topological polar surface area (TPSA) is 65.0 Å². The van der Waals surface area contributed by atoms with Crippen molar-refractivity contribution >= 4 is 23.2 Å². The molecule has 2 aromatic rings. The van der Waals surface area contributed by atoms with E-state index in [1.54, 1.807) is 36.4 Å². The van der Waals surface area contributed by atoms with Crippen molar-refractivity contribution in [1.82, 2.24) is 9.80 Å². The van der Waals surface area contributed by atoms with Gasteiger partial charge in [0, 0.05) is 42.9 Å². The van der Waals surface area contributed by atoms with Crippen LogP contribution in [0.3, 0.4) is 0 Å². The minimum atomic E-state index is -0.732. The first-order chi connectivity index (χ1) is 14.4. The molecule has 1 saturated heterocycles. The minimum Gasteiger partial charge on any atom is -0.488 e. The zero-order valence-corrected chi connectivity index (χ0v) is 17.7. The van der Waals surface area contributed by atoms with E-state index in [9.17, 15) is 14.3 Å². The molecule has 0 spiro atoms.